The lowest BCUT2D eigenvalue weighted by Gasteiger charge is -2.34. The molecular weight excluding hydrogens is 588 g/mol. The number of hydrogen-bond donors (Lipinski definition) is 1. The van der Waals surface area contributed by atoms with E-state index in [4.69, 9.17) is 40.5 Å². The normalized spacial score (nSPS) is 20.1. The van der Waals surface area contributed by atoms with E-state index in [-0.39, 0.29) is 51.7 Å². The van der Waals surface area contributed by atoms with Crippen molar-refractivity contribution in [1.29, 1.82) is 0 Å². The lowest BCUT2D eigenvalue weighted by atomic mass is 9.80. The summed E-state index contributed by atoms with van der Waals surface area (Å²) >= 11 is 19.0. The standard InChI is InChI=1S/C17H13Cl3F5IN4/c18-10-3-9(4-11(19)12(10)20)15(17(24,25)26)1-2-30(7-15)14-28-6-8(5-27)13(29-14)16(21,22)23/h3-4,6H,1-2,5,7,27H2. The summed E-state index contributed by atoms with van der Waals surface area (Å²) in [5, 5.41) is 0.0282. The van der Waals surface area contributed by atoms with Crippen LogP contribution < -0.4 is 10.6 Å². The van der Waals surface area contributed by atoms with E-state index in [2.05, 4.69) is 9.97 Å². The highest BCUT2D eigenvalue weighted by molar-refractivity contribution is 14.1. The van der Waals surface area contributed by atoms with Crippen molar-refractivity contribution in [2.45, 2.75) is 28.5 Å². The zero-order chi connectivity index (χ0) is 22.5. The van der Waals surface area contributed by atoms with Crippen LogP contribution in [0.25, 0.3) is 0 Å². The molecule has 30 heavy (non-hydrogen) atoms. The second-order valence-corrected chi connectivity index (χ2v) is 9.30. The van der Waals surface area contributed by atoms with Crippen molar-refractivity contribution in [2.24, 2.45) is 5.73 Å². The number of anilines is 1. The maximum Gasteiger partial charge on any atom is 0.433 e. The molecule has 2 aromatic rings. The van der Waals surface area contributed by atoms with E-state index < -0.39 is 27.8 Å². The van der Waals surface area contributed by atoms with Crippen molar-refractivity contribution in [3.8, 4) is 0 Å². The van der Waals surface area contributed by atoms with E-state index in [1.54, 1.807) is 0 Å². The second-order valence-electron chi connectivity index (χ2n) is 6.75. The average Bonchev–Trinajstić information content (AvgIpc) is 3.11. The summed E-state index contributed by atoms with van der Waals surface area (Å²) in [6, 6.07) is 2.59. The van der Waals surface area contributed by atoms with Gasteiger partial charge in [-0.15, -0.1) is 0 Å². The van der Waals surface area contributed by atoms with Gasteiger partial charge in [-0.3, -0.25) is 0 Å². The molecule has 0 aliphatic carbocycles. The first-order valence-electron chi connectivity index (χ1n) is 8.40. The quantitative estimate of drug-likeness (QED) is 0.200. The minimum absolute atomic E-state index is 0.000507. The molecule has 1 fully saturated rings. The molecule has 1 aromatic carbocycles. The Kier molecular flexibility index (Phi) is 6.66. The van der Waals surface area contributed by atoms with Crippen LogP contribution in [0.1, 0.15) is 23.2 Å². The van der Waals surface area contributed by atoms with E-state index in [0.29, 0.717) is 0 Å². The van der Waals surface area contributed by atoms with Gasteiger partial charge in [-0.25, -0.2) is 9.97 Å². The molecule has 13 heteroatoms. The summed E-state index contributed by atoms with van der Waals surface area (Å²) in [6.07, 6.45) is -3.89. The molecule has 4 nitrogen and oxygen atoms in total. The van der Waals surface area contributed by atoms with Gasteiger partial charge in [0.15, 0.2) is 5.69 Å². The van der Waals surface area contributed by atoms with Gasteiger partial charge in [-0.2, -0.15) is 22.0 Å². The molecule has 3 rings (SSSR count). The Labute approximate surface area is 197 Å². The molecular formula is C17H13Cl3F5IN4. The Bertz CT molecular complexity index is 946. The number of hydrogen-bond acceptors (Lipinski definition) is 4. The zero-order valence-electron chi connectivity index (χ0n) is 14.9. The molecule has 164 valence electrons. The van der Waals surface area contributed by atoms with Crippen molar-refractivity contribution >= 4 is 63.3 Å². The van der Waals surface area contributed by atoms with Crippen molar-refractivity contribution in [1.82, 2.24) is 9.97 Å². The Morgan fingerprint density at radius 1 is 1.13 bits per heavy atom. The smallest absolute Gasteiger partial charge is 0.340 e. The first-order valence-corrected chi connectivity index (χ1v) is 10.6. The Hall–Kier alpha value is -0.690. The van der Waals surface area contributed by atoms with E-state index in [1.807, 2.05) is 0 Å². The van der Waals surface area contributed by atoms with Gasteiger partial charge in [0.25, 0.3) is 0 Å². The highest BCUT2D eigenvalue weighted by Gasteiger charge is 2.57. The van der Waals surface area contributed by atoms with Crippen LogP contribution in [0.2, 0.25) is 15.1 Å². The third kappa shape index (κ3) is 4.30. The summed E-state index contributed by atoms with van der Waals surface area (Å²) in [5.41, 5.74) is 2.20. The second kappa shape index (κ2) is 8.34. The SMILES string of the molecule is NCc1cnc(N2CCC(c3cc(Cl)c(Cl)c(Cl)c3)(C(F)(F)I)C2)nc1C(F)(F)F. The fourth-order valence-corrected chi connectivity index (χ4v) is 4.74. The zero-order valence-corrected chi connectivity index (χ0v) is 19.3. The molecule has 1 saturated heterocycles. The molecule has 0 spiro atoms. The topological polar surface area (TPSA) is 55.0 Å². The summed E-state index contributed by atoms with van der Waals surface area (Å²) in [4.78, 5) is 8.76. The largest absolute Gasteiger partial charge is 0.433 e. The van der Waals surface area contributed by atoms with Crippen LogP contribution in [0.3, 0.4) is 0 Å². The fourth-order valence-electron chi connectivity index (χ4n) is 3.39. The molecule has 1 aliphatic rings. The van der Waals surface area contributed by atoms with Gasteiger partial charge in [0.2, 0.25) is 5.95 Å². The lowest BCUT2D eigenvalue weighted by Crippen LogP contribution is -2.44. The van der Waals surface area contributed by atoms with Crippen molar-refractivity contribution < 1.29 is 22.0 Å². The van der Waals surface area contributed by atoms with Gasteiger partial charge in [0.1, 0.15) is 0 Å². The molecule has 0 amide bonds. The first kappa shape index (κ1) is 24.0. The van der Waals surface area contributed by atoms with Gasteiger partial charge in [-0.05, 0) is 46.7 Å². The fraction of sp³-hybridized carbons (Fsp3) is 0.412. The van der Waals surface area contributed by atoms with E-state index in [0.717, 1.165) is 28.8 Å². The summed E-state index contributed by atoms with van der Waals surface area (Å²) in [7, 11) is 0. The Balaban J connectivity index is 2.05. The van der Waals surface area contributed by atoms with Gasteiger partial charge in [0, 0.05) is 31.4 Å². The van der Waals surface area contributed by atoms with Gasteiger partial charge < -0.3 is 10.6 Å². The Morgan fingerprint density at radius 2 is 1.73 bits per heavy atom. The molecule has 2 heterocycles. The summed E-state index contributed by atoms with van der Waals surface area (Å²) in [6.45, 7) is -0.765. The van der Waals surface area contributed by atoms with Crippen LogP contribution in [0.5, 0.6) is 0 Å². The van der Waals surface area contributed by atoms with Gasteiger partial charge >= 0.3 is 10.1 Å². The van der Waals surface area contributed by atoms with Gasteiger partial charge in [0.05, 0.1) is 20.5 Å². The number of halogens is 9. The minimum Gasteiger partial charge on any atom is -0.340 e. The number of alkyl halides is 6. The summed E-state index contributed by atoms with van der Waals surface area (Å²) < 4.78 is 66.3. The average molecular weight is 602 g/mol. The van der Waals surface area contributed by atoms with Crippen LogP contribution in [-0.2, 0) is 18.1 Å². The molecule has 1 aliphatic heterocycles. The maximum absolute atomic E-state index is 14.8. The predicted molar refractivity (Wildman–Crippen MR) is 114 cm³/mol. The number of rotatable bonds is 4. The Morgan fingerprint density at radius 3 is 2.23 bits per heavy atom. The highest BCUT2D eigenvalue weighted by Crippen LogP contribution is 2.52. The van der Waals surface area contributed by atoms with Crippen LogP contribution in [0, 0.1) is 0 Å². The molecule has 1 unspecified atom stereocenters. The van der Waals surface area contributed by atoms with E-state index >= 15 is 0 Å². The first-order chi connectivity index (χ1) is 13.8. The monoisotopic (exact) mass is 600 g/mol. The van der Waals surface area contributed by atoms with Crippen molar-refractivity contribution in [2.75, 3.05) is 18.0 Å². The van der Waals surface area contributed by atoms with Crippen LogP contribution >= 0.6 is 57.4 Å². The van der Waals surface area contributed by atoms with Crippen molar-refractivity contribution in [3.63, 3.8) is 0 Å². The third-order valence-electron chi connectivity index (χ3n) is 4.97. The molecule has 1 aromatic heterocycles. The number of nitrogens with zero attached hydrogens (tertiary/aromatic N) is 3. The molecule has 0 saturated carbocycles. The van der Waals surface area contributed by atoms with Crippen molar-refractivity contribution in [3.05, 3.63) is 50.2 Å². The lowest BCUT2D eigenvalue weighted by molar-refractivity contribution is -0.141. The van der Waals surface area contributed by atoms with Gasteiger partial charge in [-0.1, -0.05) is 34.8 Å². The molecule has 2 N–H and O–H groups in total. The predicted octanol–water partition coefficient (Wildman–Crippen LogP) is 6.09. The number of nitrogens with two attached hydrogens (primary N) is 1. The van der Waals surface area contributed by atoms with E-state index in [9.17, 15) is 22.0 Å². The summed E-state index contributed by atoms with van der Waals surface area (Å²) in [5.74, 6) is -0.312. The van der Waals surface area contributed by atoms with Crippen LogP contribution in [0.15, 0.2) is 18.3 Å². The maximum atomic E-state index is 14.8. The molecule has 1 atom stereocenters. The molecule has 0 bridgehead atoms. The number of benzene rings is 1. The third-order valence-corrected chi connectivity index (χ3v) is 7.20. The highest BCUT2D eigenvalue weighted by atomic mass is 127. The van der Waals surface area contributed by atoms with Crippen LogP contribution in [-0.4, -0.2) is 27.0 Å². The number of aromatic nitrogens is 2. The van der Waals surface area contributed by atoms with E-state index in [1.165, 1.54) is 17.0 Å². The molecule has 0 radical (unpaired) electrons. The van der Waals surface area contributed by atoms with Crippen LogP contribution in [0.4, 0.5) is 27.9 Å². The minimum atomic E-state index is -4.76.